The van der Waals surface area contributed by atoms with Crippen molar-refractivity contribution in [1.29, 1.82) is 0 Å². The van der Waals surface area contributed by atoms with Crippen LogP contribution in [-0.4, -0.2) is 6.10 Å². The van der Waals surface area contributed by atoms with Crippen LogP contribution in [-0.2, 0) is 16.2 Å². The Morgan fingerprint density at radius 3 is 1.84 bits per heavy atom. The zero-order valence-corrected chi connectivity index (χ0v) is 21.9. The van der Waals surface area contributed by atoms with Crippen molar-refractivity contribution in [3.63, 3.8) is 0 Å². The van der Waals surface area contributed by atoms with Crippen LogP contribution in [0, 0.1) is 0 Å². The molecule has 1 spiro atoms. The molecule has 37 heavy (non-hydrogen) atoms. The molecule has 4 N–H and O–H groups in total. The number of nitrogen functional groups attached to an aromatic ring is 2. The molecule has 0 fully saturated rings. The zero-order valence-electron chi connectivity index (χ0n) is 21.9. The highest BCUT2D eigenvalue weighted by Gasteiger charge is 2.64. The second-order valence-electron chi connectivity index (χ2n) is 11.7. The van der Waals surface area contributed by atoms with Crippen molar-refractivity contribution in [1.82, 2.24) is 0 Å². The predicted octanol–water partition coefficient (Wildman–Crippen LogP) is 7.35. The van der Waals surface area contributed by atoms with Crippen LogP contribution in [0.2, 0.25) is 0 Å². The van der Waals surface area contributed by atoms with Gasteiger partial charge in [0.25, 0.3) is 0 Å². The first-order valence-electron chi connectivity index (χ1n) is 12.9. The highest BCUT2D eigenvalue weighted by atomic mass is 16.5. The van der Waals surface area contributed by atoms with Gasteiger partial charge in [-0.25, -0.2) is 0 Å². The maximum Gasteiger partial charge on any atom is 0.150 e. The summed E-state index contributed by atoms with van der Waals surface area (Å²) < 4.78 is 13.6. The minimum Gasteiger partial charge on any atom is -0.486 e. The fraction of sp³-hybridized carbons (Fsp3) is 0.273. The molecule has 0 bridgehead atoms. The fourth-order valence-electron chi connectivity index (χ4n) is 7.02. The molecule has 2 aliphatic carbocycles. The van der Waals surface area contributed by atoms with Gasteiger partial charge in [-0.05, 0) is 58.9 Å². The van der Waals surface area contributed by atoms with Crippen LogP contribution >= 0.6 is 0 Å². The van der Waals surface area contributed by atoms with Gasteiger partial charge in [0.2, 0.25) is 0 Å². The van der Waals surface area contributed by atoms with Gasteiger partial charge in [0.05, 0.1) is 16.8 Å². The summed E-state index contributed by atoms with van der Waals surface area (Å²) >= 11 is 0. The van der Waals surface area contributed by atoms with Gasteiger partial charge < -0.3 is 20.9 Å². The van der Waals surface area contributed by atoms with Gasteiger partial charge >= 0.3 is 0 Å². The van der Waals surface area contributed by atoms with Crippen LogP contribution in [0.15, 0.2) is 91.0 Å². The third kappa shape index (κ3) is 3.35. The van der Waals surface area contributed by atoms with Crippen LogP contribution < -0.4 is 20.9 Å². The van der Waals surface area contributed by atoms with E-state index in [0.717, 1.165) is 17.7 Å². The number of fused-ring (bicyclic) bond motifs is 4. The van der Waals surface area contributed by atoms with E-state index < -0.39 is 5.41 Å². The number of anilines is 2. The van der Waals surface area contributed by atoms with Crippen LogP contribution in [0.3, 0.4) is 0 Å². The van der Waals surface area contributed by atoms with Crippen LogP contribution in [0.5, 0.6) is 17.2 Å². The monoisotopic (exact) mass is 490 g/mol. The van der Waals surface area contributed by atoms with Gasteiger partial charge in [0.1, 0.15) is 23.4 Å². The first-order valence-corrected chi connectivity index (χ1v) is 12.9. The summed E-state index contributed by atoms with van der Waals surface area (Å²) in [7, 11) is 0. The smallest absolute Gasteiger partial charge is 0.150 e. The highest BCUT2D eigenvalue weighted by molar-refractivity contribution is 5.66. The van der Waals surface area contributed by atoms with Gasteiger partial charge in [-0.15, -0.1) is 0 Å². The van der Waals surface area contributed by atoms with Crippen LogP contribution in [0.25, 0.3) is 0 Å². The number of benzene rings is 4. The highest BCUT2D eigenvalue weighted by Crippen LogP contribution is 2.65. The topological polar surface area (TPSA) is 70.5 Å². The lowest BCUT2D eigenvalue weighted by Crippen LogP contribution is -2.47. The Hall–Kier alpha value is -3.92. The molecular formula is C33H34N2O2. The number of hydrogen-bond acceptors (Lipinski definition) is 4. The maximum atomic E-state index is 7.02. The molecule has 0 aromatic heterocycles. The van der Waals surface area contributed by atoms with E-state index in [1.807, 2.05) is 54.6 Å². The van der Waals surface area contributed by atoms with Crippen molar-refractivity contribution in [3.05, 3.63) is 113 Å². The van der Waals surface area contributed by atoms with E-state index >= 15 is 0 Å². The lowest BCUT2D eigenvalue weighted by Gasteiger charge is -2.40. The van der Waals surface area contributed by atoms with Gasteiger partial charge in [-0.1, -0.05) is 88.4 Å². The standard InChI is InChI=1S/C33H34N2O2/c1-31(2)20-33(22-13-6-5-12-21(22)31)23-14-11-19-28(36-26-17-9-7-15-24(26)34)29(23)32(3,4)30(33)37-27-18-10-8-16-25(27)35/h5-19,30H,20,34-35H2,1-4H3. The Balaban J connectivity index is 1.61. The molecular weight excluding hydrogens is 456 g/mol. The molecule has 4 aromatic carbocycles. The SMILES string of the molecule is CC1(C)CC2(c3ccccc31)c1cccc(Oc3ccccc3N)c1C(C)(C)C2Oc1ccccc1N. The van der Waals surface area contributed by atoms with Crippen molar-refractivity contribution >= 4 is 11.4 Å². The minimum atomic E-state index is -0.398. The van der Waals surface area contributed by atoms with E-state index in [2.05, 4.69) is 64.1 Å². The second kappa shape index (κ2) is 8.04. The molecule has 2 atom stereocenters. The molecule has 0 aliphatic heterocycles. The molecule has 0 heterocycles. The molecule has 2 unspecified atom stereocenters. The lowest BCUT2D eigenvalue weighted by molar-refractivity contribution is 0.0766. The Morgan fingerprint density at radius 1 is 0.622 bits per heavy atom. The normalized spacial score (nSPS) is 22.4. The lowest BCUT2D eigenvalue weighted by atomic mass is 9.70. The first-order chi connectivity index (χ1) is 17.7. The Kier molecular flexibility index (Phi) is 5.10. The molecule has 4 aromatic rings. The largest absolute Gasteiger partial charge is 0.486 e. The van der Waals surface area contributed by atoms with Crippen LogP contribution in [0.1, 0.15) is 56.4 Å². The van der Waals surface area contributed by atoms with Crippen molar-refractivity contribution in [2.24, 2.45) is 0 Å². The fourth-order valence-corrected chi connectivity index (χ4v) is 7.02. The molecule has 0 saturated carbocycles. The Bertz CT molecular complexity index is 1510. The van der Waals surface area contributed by atoms with Gasteiger partial charge in [-0.3, -0.25) is 0 Å². The summed E-state index contributed by atoms with van der Waals surface area (Å²) in [5.41, 5.74) is 18.2. The van der Waals surface area contributed by atoms with E-state index in [0.29, 0.717) is 22.9 Å². The minimum absolute atomic E-state index is 0.0289. The number of rotatable bonds is 4. The maximum absolute atomic E-state index is 7.02. The molecule has 4 heteroatoms. The molecule has 6 rings (SSSR count). The molecule has 0 saturated heterocycles. The molecule has 2 aliphatic rings. The average molecular weight is 491 g/mol. The van der Waals surface area contributed by atoms with Gasteiger partial charge in [0, 0.05) is 11.0 Å². The van der Waals surface area contributed by atoms with E-state index in [1.54, 1.807) is 0 Å². The third-order valence-corrected chi connectivity index (χ3v) is 8.41. The summed E-state index contributed by atoms with van der Waals surface area (Å²) in [5.74, 6) is 2.18. The van der Waals surface area contributed by atoms with Crippen molar-refractivity contribution < 1.29 is 9.47 Å². The third-order valence-electron chi connectivity index (χ3n) is 8.41. The molecule has 188 valence electrons. The molecule has 4 nitrogen and oxygen atoms in total. The Labute approximate surface area is 219 Å². The summed E-state index contributed by atoms with van der Waals surface area (Å²) in [6.07, 6.45) is 0.713. The van der Waals surface area contributed by atoms with Gasteiger partial charge in [0.15, 0.2) is 0 Å². The zero-order chi connectivity index (χ0) is 26.0. The van der Waals surface area contributed by atoms with E-state index in [1.165, 1.54) is 16.7 Å². The summed E-state index contributed by atoms with van der Waals surface area (Å²) in [5, 5.41) is 0. The summed E-state index contributed by atoms with van der Waals surface area (Å²) in [4.78, 5) is 0. The summed E-state index contributed by atoms with van der Waals surface area (Å²) in [6.45, 7) is 9.20. The van der Waals surface area contributed by atoms with Crippen molar-refractivity contribution in [2.45, 2.75) is 56.5 Å². The van der Waals surface area contributed by atoms with E-state index in [-0.39, 0.29) is 16.9 Å². The van der Waals surface area contributed by atoms with Crippen molar-refractivity contribution in [2.75, 3.05) is 11.5 Å². The number of nitrogens with two attached hydrogens (primary N) is 2. The number of hydrogen-bond donors (Lipinski definition) is 2. The first kappa shape index (κ1) is 23.5. The molecule has 0 amide bonds. The predicted molar refractivity (Wildman–Crippen MR) is 151 cm³/mol. The van der Waals surface area contributed by atoms with E-state index in [4.69, 9.17) is 20.9 Å². The second-order valence-corrected chi connectivity index (χ2v) is 11.7. The average Bonchev–Trinajstić information content (AvgIpc) is 3.22. The molecule has 0 radical (unpaired) electrons. The number of para-hydroxylation sites is 4. The van der Waals surface area contributed by atoms with E-state index in [9.17, 15) is 0 Å². The Morgan fingerprint density at radius 2 is 1.16 bits per heavy atom. The van der Waals surface area contributed by atoms with Gasteiger partial charge in [-0.2, -0.15) is 0 Å². The van der Waals surface area contributed by atoms with Crippen molar-refractivity contribution in [3.8, 4) is 17.2 Å². The quantitative estimate of drug-likeness (QED) is 0.293. The van der Waals surface area contributed by atoms with Crippen LogP contribution in [0.4, 0.5) is 11.4 Å². The summed E-state index contributed by atoms with van der Waals surface area (Å²) in [6, 6.07) is 30.7. The number of ether oxygens (including phenoxy) is 2.